The van der Waals surface area contributed by atoms with E-state index in [9.17, 15) is 9.59 Å². The quantitative estimate of drug-likeness (QED) is 0.0738. The number of hydrogen-bond acceptors (Lipinski definition) is 9. The second kappa shape index (κ2) is 20.3. The van der Waals surface area contributed by atoms with Crippen molar-refractivity contribution in [2.24, 2.45) is 0 Å². The molecule has 8 rings (SSSR count). The van der Waals surface area contributed by atoms with Crippen molar-refractivity contribution < 1.29 is 37.5 Å². The van der Waals surface area contributed by atoms with E-state index in [-0.39, 0.29) is 39.4 Å². The van der Waals surface area contributed by atoms with E-state index in [4.69, 9.17) is 33.2 Å². The SMILES string of the molecule is COc1ccc(Cn2c(=O)c(F)cn([C@H]3C[C@H](OCc4ccccc4)[C@](COCc4ccccc4)(COC(c4ccccc4)(c4ccc(OC)cc4)c4ccc(OC)cc4)O3)c2=O)cc1. The number of nitrogens with zero attached hydrogens (tertiary/aromatic N) is 2. The van der Waals surface area contributed by atoms with Crippen molar-refractivity contribution in [2.75, 3.05) is 34.5 Å². The van der Waals surface area contributed by atoms with Crippen LogP contribution in [0.2, 0.25) is 0 Å². The van der Waals surface area contributed by atoms with Gasteiger partial charge in [0.25, 0.3) is 5.56 Å². The third kappa shape index (κ3) is 9.81. The fourth-order valence-corrected chi connectivity index (χ4v) is 8.32. The third-order valence-corrected chi connectivity index (χ3v) is 11.8. The fraction of sp³-hybridized carbons (Fsp3) is 0.245. The summed E-state index contributed by atoms with van der Waals surface area (Å²) in [4.78, 5) is 27.8. The van der Waals surface area contributed by atoms with Crippen molar-refractivity contribution in [3.63, 3.8) is 0 Å². The number of benzene rings is 6. The molecular weight excluding hydrogens is 828 g/mol. The molecule has 11 nitrogen and oxygen atoms in total. The van der Waals surface area contributed by atoms with Gasteiger partial charge < -0.3 is 33.2 Å². The van der Waals surface area contributed by atoms with Crippen LogP contribution in [0.5, 0.6) is 17.2 Å². The van der Waals surface area contributed by atoms with Crippen LogP contribution in [-0.2, 0) is 44.3 Å². The van der Waals surface area contributed by atoms with Crippen LogP contribution < -0.4 is 25.5 Å². The summed E-state index contributed by atoms with van der Waals surface area (Å²) in [5, 5.41) is 0. The average molecular weight is 879 g/mol. The lowest BCUT2D eigenvalue weighted by molar-refractivity contribution is -0.197. The Morgan fingerprint density at radius 2 is 1.11 bits per heavy atom. The molecule has 1 aromatic heterocycles. The topological polar surface area (TPSA) is 109 Å². The summed E-state index contributed by atoms with van der Waals surface area (Å²) < 4.78 is 62.3. The largest absolute Gasteiger partial charge is 0.497 e. The molecule has 6 aromatic carbocycles. The van der Waals surface area contributed by atoms with Gasteiger partial charge in [0.15, 0.2) is 0 Å². The van der Waals surface area contributed by atoms with Crippen molar-refractivity contribution >= 4 is 0 Å². The Morgan fingerprint density at radius 3 is 1.65 bits per heavy atom. The Kier molecular flexibility index (Phi) is 14.0. The van der Waals surface area contributed by atoms with Gasteiger partial charge in [-0.3, -0.25) is 13.9 Å². The van der Waals surface area contributed by atoms with E-state index >= 15 is 4.39 Å². The lowest BCUT2D eigenvalue weighted by Gasteiger charge is -2.41. The smallest absolute Gasteiger partial charge is 0.333 e. The van der Waals surface area contributed by atoms with Gasteiger partial charge >= 0.3 is 5.69 Å². The fourth-order valence-electron chi connectivity index (χ4n) is 8.32. The van der Waals surface area contributed by atoms with Crippen LogP contribution in [-0.4, -0.2) is 55.4 Å². The number of rotatable bonds is 19. The van der Waals surface area contributed by atoms with E-state index in [0.717, 1.165) is 43.1 Å². The van der Waals surface area contributed by atoms with Gasteiger partial charge in [-0.1, -0.05) is 127 Å². The van der Waals surface area contributed by atoms with E-state index in [0.29, 0.717) is 22.8 Å². The zero-order chi connectivity index (χ0) is 45.2. The highest BCUT2D eigenvalue weighted by Gasteiger charge is 2.53. The first kappa shape index (κ1) is 44.8. The molecule has 1 aliphatic heterocycles. The number of methoxy groups -OCH3 is 3. The summed E-state index contributed by atoms with van der Waals surface area (Å²) in [6.07, 6.45) is -0.911. The van der Waals surface area contributed by atoms with Gasteiger partial charge in [0.05, 0.1) is 66.6 Å². The Balaban J connectivity index is 1.26. The minimum Gasteiger partial charge on any atom is -0.497 e. The molecule has 7 aromatic rings. The Morgan fingerprint density at radius 1 is 0.615 bits per heavy atom. The summed E-state index contributed by atoms with van der Waals surface area (Å²) in [6, 6.07) is 51.5. The van der Waals surface area contributed by atoms with Crippen molar-refractivity contribution in [1.82, 2.24) is 9.13 Å². The molecule has 0 amide bonds. The van der Waals surface area contributed by atoms with E-state index in [1.165, 1.54) is 0 Å². The molecule has 0 spiro atoms. The molecule has 0 bridgehead atoms. The van der Waals surface area contributed by atoms with Crippen LogP contribution >= 0.6 is 0 Å². The van der Waals surface area contributed by atoms with Crippen molar-refractivity contribution in [3.05, 3.63) is 230 Å². The van der Waals surface area contributed by atoms with Crippen molar-refractivity contribution in [2.45, 2.75) is 49.7 Å². The summed E-state index contributed by atoms with van der Waals surface area (Å²) in [5.74, 6) is 0.818. The first-order valence-electron chi connectivity index (χ1n) is 21.3. The standard InChI is InChI=1S/C53H51FN2O9/c1-59-44-25-19-38(20-26-44)32-56-50(57)47(54)33-55(51(56)58)49-31-48(63-35-40-15-9-5-10-16-40)52(65-49,36-62-34-39-13-7-4-8-14-39)37-64-53(41-17-11-6-12-18-41,42-21-27-45(60-2)28-22-42)43-23-29-46(61-3)30-24-43/h4-30,33,48-49H,31-32,34-37H2,1-3H3/t48-,49+,52-/m0/s1. The predicted octanol–water partition coefficient (Wildman–Crippen LogP) is 8.69. The lowest BCUT2D eigenvalue weighted by atomic mass is 9.79. The molecule has 0 N–H and O–H groups in total. The summed E-state index contributed by atoms with van der Waals surface area (Å²) >= 11 is 0. The van der Waals surface area contributed by atoms with Crippen LogP contribution in [0.4, 0.5) is 4.39 Å². The van der Waals surface area contributed by atoms with Gasteiger partial charge in [0, 0.05) is 6.42 Å². The monoisotopic (exact) mass is 878 g/mol. The van der Waals surface area contributed by atoms with Crippen molar-refractivity contribution in [1.29, 1.82) is 0 Å². The summed E-state index contributed by atoms with van der Waals surface area (Å²) in [5.41, 5.74) is 0.319. The Hall–Kier alpha value is -6.83. The van der Waals surface area contributed by atoms with E-state index in [2.05, 4.69) is 0 Å². The highest BCUT2D eigenvalue weighted by Crippen LogP contribution is 2.46. The van der Waals surface area contributed by atoms with E-state index < -0.39 is 40.6 Å². The van der Waals surface area contributed by atoms with Crippen molar-refractivity contribution in [3.8, 4) is 17.2 Å². The zero-order valence-electron chi connectivity index (χ0n) is 36.5. The minimum atomic E-state index is -1.43. The number of ether oxygens (including phenoxy) is 7. The maximum Gasteiger partial charge on any atom is 0.333 e. The molecule has 0 aliphatic carbocycles. The van der Waals surface area contributed by atoms with Gasteiger partial charge in [0.1, 0.15) is 34.7 Å². The van der Waals surface area contributed by atoms with Gasteiger partial charge in [-0.05, 0) is 69.8 Å². The minimum absolute atomic E-state index is 0.0589. The molecule has 1 saturated heterocycles. The highest BCUT2D eigenvalue weighted by atomic mass is 19.1. The van der Waals surface area contributed by atoms with Crippen LogP contribution in [0.1, 0.15) is 46.0 Å². The molecule has 2 heterocycles. The molecule has 3 atom stereocenters. The normalized spacial score (nSPS) is 17.2. The maximum atomic E-state index is 15.9. The molecule has 1 aliphatic rings. The zero-order valence-corrected chi connectivity index (χ0v) is 36.5. The molecule has 0 radical (unpaired) electrons. The Bertz CT molecular complexity index is 2680. The van der Waals surface area contributed by atoms with Gasteiger partial charge in [-0.25, -0.2) is 4.79 Å². The summed E-state index contributed by atoms with van der Waals surface area (Å²) in [6.45, 7) is 0.0229. The molecule has 12 heteroatoms. The molecule has 0 unspecified atom stereocenters. The molecule has 0 saturated carbocycles. The highest BCUT2D eigenvalue weighted by molar-refractivity contribution is 5.50. The molecular formula is C53H51FN2O9. The number of hydrogen-bond donors (Lipinski definition) is 0. The Labute approximate surface area is 377 Å². The predicted molar refractivity (Wildman–Crippen MR) is 244 cm³/mol. The number of aromatic nitrogens is 2. The maximum absolute atomic E-state index is 15.9. The van der Waals surface area contributed by atoms with E-state index in [1.807, 2.05) is 140 Å². The first-order valence-corrected chi connectivity index (χ1v) is 21.3. The van der Waals surface area contributed by atoms with Gasteiger partial charge in [-0.2, -0.15) is 4.39 Å². The lowest BCUT2D eigenvalue weighted by Crippen LogP contribution is -2.52. The second-order valence-corrected chi connectivity index (χ2v) is 15.8. The summed E-state index contributed by atoms with van der Waals surface area (Å²) in [7, 11) is 4.77. The van der Waals surface area contributed by atoms with Gasteiger partial charge in [-0.15, -0.1) is 0 Å². The van der Waals surface area contributed by atoms with Crippen LogP contribution in [0, 0.1) is 5.82 Å². The third-order valence-electron chi connectivity index (χ3n) is 11.8. The van der Waals surface area contributed by atoms with Crippen LogP contribution in [0.3, 0.4) is 0 Å². The second-order valence-electron chi connectivity index (χ2n) is 15.8. The van der Waals surface area contributed by atoms with Gasteiger partial charge in [0.2, 0.25) is 5.82 Å². The molecule has 1 fully saturated rings. The molecule has 65 heavy (non-hydrogen) atoms. The van der Waals surface area contributed by atoms with E-state index in [1.54, 1.807) is 45.6 Å². The van der Waals surface area contributed by atoms with Crippen LogP contribution in [0.25, 0.3) is 0 Å². The number of halogens is 1. The average Bonchev–Trinajstić information content (AvgIpc) is 3.72. The first-order chi connectivity index (χ1) is 31.7. The van der Waals surface area contributed by atoms with Crippen LogP contribution in [0.15, 0.2) is 180 Å². The molecule has 334 valence electrons.